The van der Waals surface area contributed by atoms with Gasteiger partial charge in [0.05, 0.1) is 4.21 Å². The van der Waals surface area contributed by atoms with Crippen molar-refractivity contribution in [2.24, 2.45) is 5.92 Å². The molecule has 4 nitrogen and oxygen atoms in total. The Labute approximate surface area is 209 Å². The van der Waals surface area contributed by atoms with Gasteiger partial charge in [-0.15, -0.1) is 11.3 Å². The topological polar surface area (TPSA) is 35.9 Å². The number of piperazine rings is 1. The van der Waals surface area contributed by atoms with Crippen LogP contribution in [0.15, 0.2) is 46.0 Å². The maximum atomic E-state index is 13.0. The lowest BCUT2D eigenvalue weighted by Crippen LogP contribution is -2.53. The Kier molecular flexibility index (Phi) is 9.41. The number of rotatable bonds is 4. The van der Waals surface area contributed by atoms with Crippen LogP contribution in [0.4, 0.5) is 32.0 Å². The molecule has 0 spiro atoms. The van der Waals surface area contributed by atoms with E-state index >= 15 is 0 Å². The Morgan fingerprint density at radius 1 is 0.914 bits per heavy atom. The van der Waals surface area contributed by atoms with Crippen LogP contribution in [-0.4, -0.2) is 61.2 Å². The average molecular weight is 543 g/mol. The zero-order chi connectivity index (χ0) is 25.7. The van der Waals surface area contributed by atoms with Crippen molar-refractivity contribution in [2.45, 2.75) is 41.9 Å². The van der Waals surface area contributed by atoms with Crippen molar-refractivity contribution < 1.29 is 36.2 Å². The summed E-state index contributed by atoms with van der Waals surface area (Å²) in [6.45, 7) is 6.81. The molecule has 1 N–H and O–H groups in total. The van der Waals surface area contributed by atoms with E-state index in [-0.39, 0.29) is 0 Å². The molecule has 0 unspecified atom stereocenters. The number of ether oxygens (including phenoxy) is 1. The summed E-state index contributed by atoms with van der Waals surface area (Å²) in [5.41, 5.74) is -5.63. The van der Waals surface area contributed by atoms with E-state index in [0.717, 1.165) is 23.3 Å². The maximum Gasteiger partial charge on any atom is 0.430 e. The van der Waals surface area contributed by atoms with Crippen LogP contribution in [0.25, 0.3) is 0 Å². The fourth-order valence-electron chi connectivity index (χ4n) is 3.70. The summed E-state index contributed by atoms with van der Waals surface area (Å²) in [6.07, 6.45) is -9.23. The lowest BCUT2D eigenvalue weighted by Gasteiger charge is -2.36. The Morgan fingerprint density at radius 2 is 1.49 bits per heavy atom. The SMILES string of the molecule is CC1CCOCC1.OC(c1ccc(N2CCN(Sc3cccs3)CC2)cc1)(C(F)(F)F)C(F)(F)F. The summed E-state index contributed by atoms with van der Waals surface area (Å²) >= 11 is 3.24. The molecule has 2 saturated heterocycles. The van der Waals surface area contributed by atoms with E-state index in [1.165, 1.54) is 25.0 Å². The monoisotopic (exact) mass is 542 g/mol. The summed E-state index contributed by atoms with van der Waals surface area (Å²) in [4.78, 5) is 1.88. The van der Waals surface area contributed by atoms with Crippen molar-refractivity contribution in [3.63, 3.8) is 0 Å². The van der Waals surface area contributed by atoms with Crippen molar-refractivity contribution >= 4 is 29.0 Å². The van der Waals surface area contributed by atoms with E-state index in [4.69, 9.17) is 4.74 Å². The third-order valence-electron chi connectivity index (χ3n) is 5.93. The molecule has 0 saturated carbocycles. The van der Waals surface area contributed by atoms with E-state index in [9.17, 15) is 31.4 Å². The third-order valence-corrected chi connectivity index (χ3v) is 8.05. The molecule has 2 aromatic rings. The second kappa shape index (κ2) is 11.7. The molecular formula is C23H28F6N2O2S2. The van der Waals surface area contributed by atoms with Crippen molar-refractivity contribution in [1.29, 1.82) is 0 Å². The number of thiophene rings is 1. The zero-order valence-corrected chi connectivity index (χ0v) is 20.7. The molecule has 4 rings (SSSR count). The van der Waals surface area contributed by atoms with Gasteiger partial charge in [0.1, 0.15) is 0 Å². The zero-order valence-electron chi connectivity index (χ0n) is 19.1. The van der Waals surface area contributed by atoms with Crippen LogP contribution < -0.4 is 4.90 Å². The van der Waals surface area contributed by atoms with Gasteiger partial charge in [-0.25, -0.2) is 4.31 Å². The van der Waals surface area contributed by atoms with Crippen molar-refractivity contribution in [3.8, 4) is 0 Å². The minimum absolute atomic E-state index is 0.510. The van der Waals surface area contributed by atoms with Crippen LogP contribution in [0, 0.1) is 5.92 Å². The normalized spacial score (nSPS) is 18.8. The molecule has 0 amide bonds. The predicted octanol–water partition coefficient (Wildman–Crippen LogP) is 6.32. The fourth-order valence-corrected chi connectivity index (χ4v) is 5.54. The number of hydrogen-bond acceptors (Lipinski definition) is 6. The number of aliphatic hydroxyl groups is 1. The Bertz CT molecular complexity index is 878. The molecule has 1 aromatic carbocycles. The standard InChI is InChI=1S/C17H16F6N2OS2.C6H12O/c18-16(19,20)15(26,17(21,22)23)12-3-5-13(6-4-12)24-7-9-25(10-8-24)28-14-2-1-11-27-14;1-6-2-4-7-5-3-6/h1-6,11,26H,7-10H2;6H,2-5H2,1H3. The largest absolute Gasteiger partial charge is 0.430 e. The molecule has 2 fully saturated rings. The van der Waals surface area contributed by atoms with Gasteiger partial charge in [-0.3, -0.25) is 0 Å². The van der Waals surface area contributed by atoms with Crippen LogP contribution in [0.5, 0.6) is 0 Å². The molecule has 12 heteroatoms. The molecule has 1 aromatic heterocycles. The minimum Gasteiger partial charge on any atom is -0.381 e. The first-order chi connectivity index (χ1) is 16.4. The predicted molar refractivity (Wildman–Crippen MR) is 126 cm³/mol. The molecule has 0 bridgehead atoms. The van der Waals surface area contributed by atoms with E-state index < -0.39 is 23.5 Å². The number of benzene rings is 1. The second-order valence-corrected chi connectivity index (χ2v) is 10.8. The molecule has 0 atom stereocenters. The van der Waals surface area contributed by atoms with Gasteiger partial charge in [0, 0.05) is 50.6 Å². The van der Waals surface area contributed by atoms with E-state index in [0.29, 0.717) is 44.0 Å². The van der Waals surface area contributed by atoms with Gasteiger partial charge >= 0.3 is 12.4 Å². The summed E-state index contributed by atoms with van der Waals surface area (Å²) < 4.78 is 86.2. The molecular weight excluding hydrogens is 514 g/mol. The second-order valence-electron chi connectivity index (χ2n) is 8.49. The smallest absolute Gasteiger partial charge is 0.381 e. The highest BCUT2D eigenvalue weighted by molar-refractivity contribution is 7.98. The number of nitrogens with zero attached hydrogens (tertiary/aromatic N) is 2. The summed E-state index contributed by atoms with van der Waals surface area (Å²) in [7, 11) is 0. The molecule has 0 aliphatic carbocycles. The average Bonchev–Trinajstić information content (AvgIpc) is 3.32. The number of halogens is 6. The highest BCUT2D eigenvalue weighted by Gasteiger charge is 2.71. The van der Waals surface area contributed by atoms with Crippen LogP contribution in [0.1, 0.15) is 25.3 Å². The fraction of sp³-hybridized carbons (Fsp3) is 0.565. The lowest BCUT2D eigenvalue weighted by atomic mass is 9.92. The van der Waals surface area contributed by atoms with Crippen LogP contribution in [-0.2, 0) is 10.3 Å². The van der Waals surface area contributed by atoms with Gasteiger partial charge in [0.2, 0.25) is 0 Å². The number of alkyl halides is 6. The van der Waals surface area contributed by atoms with Crippen LogP contribution >= 0.6 is 23.3 Å². The summed E-state index contributed by atoms with van der Waals surface area (Å²) in [5.74, 6) is 0.911. The lowest BCUT2D eigenvalue weighted by molar-refractivity contribution is -0.376. The first kappa shape index (κ1) is 28.1. The molecule has 196 valence electrons. The number of anilines is 1. The van der Waals surface area contributed by atoms with Crippen LogP contribution in [0.3, 0.4) is 0 Å². The first-order valence-corrected chi connectivity index (χ1v) is 12.8. The summed E-state index contributed by atoms with van der Waals surface area (Å²) in [6, 6.07) is 7.68. The molecule has 2 aliphatic heterocycles. The minimum atomic E-state index is -5.88. The molecule has 3 heterocycles. The van der Waals surface area contributed by atoms with E-state index in [1.54, 1.807) is 23.3 Å². The van der Waals surface area contributed by atoms with Gasteiger partial charge in [-0.1, -0.05) is 25.1 Å². The van der Waals surface area contributed by atoms with Gasteiger partial charge in [-0.2, -0.15) is 26.3 Å². The van der Waals surface area contributed by atoms with Crippen molar-refractivity contribution in [3.05, 3.63) is 47.3 Å². The molecule has 2 aliphatic rings. The van der Waals surface area contributed by atoms with E-state index in [2.05, 4.69) is 11.2 Å². The summed E-state index contributed by atoms with van der Waals surface area (Å²) in [5, 5.41) is 11.4. The molecule has 35 heavy (non-hydrogen) atoms. The molecule has 0 radical (unpaired) electrons. The quantitative estimate of drug-likeness (QED) is 0.361. The number of hydrogen-bond donors (Lipinski definition) is 1. The Morgan fingerprint density at radius 3 is 1.91 bits per heavy atom. The highest BCUT2D eigenvalue weighted by Crippen LogP contribution is 2.50. The Balaban J connectivity index is 0.000000420. The van der Waals surface area contributed by atoms with Crippen molar-refractivity contribution in [2.75, 3.05) is 44.3 Å². The van der Waals surface area contributed by atoms with E-state index in [1.807, 2.05) is 22.4 Å². The van der Waals surface area contributed by atoms with Gasteiger partial charge in [0.25, 0.3) is 5.60 Å². The van der Waals surface area contributed by atoms with Crippen LogP contribution in [0.2, 0.25) is 0 Å². The van der Waals surface area contributed by atoms with Gasteiger partial charge < -0.3 is 14.7 Å². The third kappa shape index (κ3) is 7.06. The van der Waals surface area contributed by atoms with Gasteiger partial charge in [0.15, 0.2) is 0 Å². The highest BCUT2D eigenvalue weighted by atomic mass is 32.2. The van der Waals surface area contributed by atoms with Gasteiger partial charge in [-0.05, 0) is 54.3 Å². The first-order valence-electron chi connectivity index (χ1n) is 11.2. The Hall–Kier alpha value is -1.47. The maximum absolute atomic E-state index is 13.0. The van der Waals surface area contributed by atoms with Crippen molar-refractivity contribution in [1.82, 2.24) is 4.31 Å².